The van der Waals surface area contributed by atoms with Crippen molar-refractivity contribution in [1.29, 1.82) is 0 Å². The van der Waals surface area contributed by atoms with Crippen molar-refractivity contribution in [2.45, 2.75) is 33.0 Å². The summed E-state index contributed by atoms with van der Waals surface area (Å²) in [6, 6.07) is -1.74. The first-order valence-corrected chi connectivity index (χ1v) is 3.59. The molecule has 1 atom stereocenters. The summed E-state index contributed by atoms with van der Waals surface area (Å²) < 4.78 is 36.3. The normalized spacial score (nSPS) is 14.6. The molecule has 0 radical (unpaired) electrons. The maximum atomic E-state index is 12.1. The smallest absolute Gasteiger partial charge is 0.344 e. The third-order valence-electron chi connectivity index (χ3n) is 1.38. The van der Waals surface area contributed by atoms with Crippen molar-refractivity contribution in [2.24, 2.45) is 5.92 Å². The third-order valence-corrected chi connectivity index (χ3v) is 1.38. The highest BCUT2D eigenvalue weighted by Gasteiger charge is 2.41. The van der Waals surface area contributed by atoms with Gasteiger partial charge in [-0.25, -0.2) is 0 Å². The van der Waals surface area contributed by atoms with Crippen molar-refractivity contribution < 1.29 is 18.0 Å². The van der Waals surface area contributed by atoms with Gasteiger partial charge in [0.2, 0.25) is 5.91 Å². The molecule has 1 unspecified atom stereocenters. The van der Waals surface area contributed by atoms with Crippen LogP contribution in [0.3, 0.4) is 0 Å². The van der Waals surface area contributed by atoms with Gasteiger partial charge in [-0.3, -0.25) is 4.79 Å². The number of alkyl halides is 3. The Balaban J connectivity index is 4.35. The minimum absolute atomic E-state index is 0.645. The molecule has 72 valence electrons. The van der Waals surface area contributed by atoms with Crippen molar-refractivity contribution in [3.05, 3.63) is 0 Å². The number of halogens is 3. The maximum absolute atomic E-state index is 12.1. The lowest BCUT2D eigenvalue weighted by molar-refractivity contribution is -0.169. The molecule has 0 aromatic carbocycles. The highest BCUT2D eigenvalue weighted by atomic mass is 19.4. The van der Waals surface area contributed by atoms with Gasteiger partial charge in [0.1, 0.15) is 6.04 Å². The fraction of sp³-hybridized carbons (Fsp3) is 0.857. The lowest BCUT2D eigenvalue weighted by Gasteiger charge is -2.24. The topological polar surface area (TPSA) is 29.1 Å². The largest absolute Gasteiger partial charge is 0.408 e. The Kier molecular flexibility index (Phi) is 3.55. The van der Waals surface area contributed by atoms with Crippen LogP contribution in [0, 0.1) is 5.92 Å². The molecule has 0 aromatic heterocycles. The summed E-state index contributed by atoms with van der Waals surface area (Å²) in [7, 11) is 0. The Morgan fingerprint density at radius 3 is 1.83 bits per heavy atom. The van der Waals surface area contributed by atoms with Crippen molar-refractivity contribution in [1.82, 2.24) is 5.32 Å². The molecule has 12 heavy (non-hydrogen) atoms. The first-order chi connectivity index (χ1) is 5.25. The van der Waals surface area contributed by atoms with E-state index in [9.17, 15) is 18.0 Å². The van der Waals surface area contributed by atoms with Crippen molar-refractivity contribution in [3.63, 3.8) is 0 Å². The third kappa shape index (κ3) is 3.59. The average molecular weight is 183 g/mol. The number of amides is 1. The molecule has 0 fully saturated rings. The Hall–Kier alpha value is -0.740. The molecule has 0 saturated carbocycles. The standard InChI is InChI=1S/C7H12F3NO/c1-4(2)6(7(8,9)10)11-5(3)12/h4,6H,1-3H3,(H,11,12). The lowest BCUT2D eigenvalue weighted by atomic mass is 10.0. The van der Waals surface area contributed by atoms with Crippen molar-refractivity contribution in [3.8, 4) is 0 Å². The number of nitrogens with one attached hydrogen (secondary N) is 1. The van der Waals surface area contributed by atoms with Gasteiger partial charge < -0.3 is 5.32 Å². The van der Waals surface area contributed by atoms with Crippen LogP contribution in [0.4, 0.5) is 13.2 Å². The first kappa shape index (κ1) is 11.3. The number of hydrogen-bond acceptors (Lipinski definition) is 1. The van der Waals surface area contributed by atoms with Gasteiger partial charge in [0.05, 0.1) is 0 Å². The van der Waals surface area contributed by atoms with Crippen LogP contribution in [-0.4, -0.2) is 18.1 Å². The molecule has 0 aliphatic heterocycles. The van der Waals surface area contributed by atoms with Crippen LogP contribution in [-0.2, 0) is 4.79 Å². The van der Waals surface area contributed by atoms with Crippen LogP contribution in [0.2, 0.25) is 0 Å². The molecule has 0 heterocycles. The lowest BCUT2D eigenvalue weighted by Crippen LogP contribution is -2.47. The van der Waals surface area contributed by atoms with E-state index in [1.807, 2.05) is 5.32 Å². The van der Waals surface area contributed by atoms with Crippen LogP contribution in [0.25, 0.3) is 0 Å². The predicted octanol–water partition coefficient (Wildman–Crippen LogP) is 1.71. The Labute approximate surface area is 69.1 Å². The Morgan fingerprint density at radius 2 is 1.75 bits per heavy atom. The summed E-state index contributed by atoms with van der Waals surface area (Å²) in [5, 5.41) is 1.86. The van der Waals surface area contributed by atoms with Crippen molar-refractivity contribution in [2.75, 3.05) is 0 Å². The van der Waals surface area contributed by atoms with Crippen LogP contribution >= 0.6 is 0 Å². The van der Waals surface area contributed by atoms with Gasteiger partial charge in [-0.15, -0.1) is 0 Å². The van der Waals surface area contributed by atoms with Gasteiger partial charge >= 0.3 is 6.18 Å². The van der Waals surface area contributed by atoms with E-state index in [-0.39, 0.29) is 0 Å². The first-order valence-electron chi connectivity index (χ1n) is 3.59. The maximum Gasteiger partial charge on any atom is 0.408 e. The summed E-state index contributed by atoms with van der Waals surface area (Å²) in [6.07, 6.45) is -4.36. The van der Waals surface area contributed by atoms with Gasteiger partial charge in [0.25, 0.3) is 0 Å². The molecule has 0 rings (SSSR count). The summed E-state index contributed by atoms with van der Waals surface area (Å²) in [5.41, 5.74) is 0. The number of rotatable bonds is 2. The van der Waals surface area contributed by atoms with Crippen LogP contribution in [0.1, 0.15) is 20.8 Å². The predicted molar refractivity (Wildman–Crippen MR) is 38.5 cm³/mol. The van der Waals surface area contributed by atoms with E-state index in [1.54, 1.807) is 0 Å². The van der Waals surface area contributed by atoms with Gasteiger partial charge in [-0.05, 0) is 5.92 Å². The van der Waals surface area contributed by atoms with Gasteiger partial charge in [-0.1, -0.05) is 13.8 Å². The fourth-order valence-corrected chi connectivity index (χ4v) is 0.845. The Bertz CT molecular complexity index is 165. The minimum atomic E-state index is -4.36. The van der Waals surface area contributed by atoms with Gasteiger partial charge in [0, 0.05) is 6.92 Å². The summed E-state index contributed by atoms with van der Waals surface area (Å²) in [4.78, 5) is 10.4. The zero-order valence-electron chi connectivity index (χ0n) is 7.20. The SMILES string of the molecule is CC(=O)NC(C(C)C)C(F)(F)F. The van der Waals surface area contributed by atoms with Crippen LogP contribution in [0.15, 0.2) is 0 Å². The molecule has 0 aliphatic carbocycles. The van der Waals surface area contributed by atoms with E-state index < -0.39 is 24.0 Å². The minimum Gasteiger partial charge on any atom is -0.344 e. The molecular weight excluding hydrogens is 171 g/mol. The second-order valence-electron chi connectivity index (χ2n) is 2.96. The molecule has 1 amide bonds. The molecule has 1 N–H and O–H groups in total. The van der Waals surface area contributed by atoms with Crippen LogP contribution in [0.5, 0.6) is 0 Å². The second kappa shape index (κ2) is 3.78. The van der Waals surface area contributed by atoms with E-state index in [2.05, 4.69) is 0 Å². The zero-order valence-corrected chi connectivity index (χ0v) is 7.20. The number of carbonyl (C=O) groups excluding carboxylic acids is 1. The van der Waals surface area contributed by atoms with Gasteiger partial charge in [0.15, 0.2) is 0 Å². The molecule has 2 nitrogen and oxygen atoms in total. The average Bonchev–Trinajstić information content (AvgIpc) is 1.79. The second-order valence-corrected chi connectivity index (χ2v) is 2.96. The van der Waals surface area contributed by atoms with E-state index in [1.165, 1.54) is 13.8 Å². The molecular formula is C7H12F3NO. The van der Waals surface area contributed by atoms with Crippen LogP contribution < -0.4 is 5.32 Å². The highest BCUT2D eigenvalue weighted by Crippen LogP contribution is 2.25. The molecule has 0 aromatic rings. The van der Waals surface area contributed by atoms with E-state index in [4.69, 9.17) is 0 Å². The summed E-state index contributed by atoms with van der Waals surface area (Å²) in [5.74, 6) is -1.31. The van der Waals surface area contributed by atoms with E-state index in [0.717, 1.165) is 6.92 Å². The molecule has 0 aliphatic rings. The number of hydrogen-bond donors (Lipinski definition) is 1. The summed E-state index contributed by atoms with van der Waals surface area (Å²) in [6.45, 7) is 3.89. The molecule has 0 bridgehead atoms. The zero-order chi connectivity index (χ0) is 9.94. The van der Waals surface area contributed by atoms with Crippen molar-refractivity contribution >= 4 is 5.91 Å². The Morgan fingerprint density at radius 1 is 1.33 bits per heavy atom. The molecule has 0 saturated heterocycles. The molecule has 0 spiro atoms. The quantitative estimate of drug-likeness (QED) is 0.693. The fourth-order valence-electron chi connectivity index (χ4n) is 0.845. The molecule has 5 heteroatoms. The van der Waals surface area contributed by atoms with Gasteiger partial charge in [-0.2, -0.15) is 13.2 Å². The number of carbonyl (C=O) groups is 1. The summed E-state index contributed by atoms with van der Waals surface area (Å²) >= 11 is 0. The highest BCUT2D eigenvalue weighted by molar-refractivity contribution is 5.73. The van der Waals surface area contributed by atoms with E-state index >= 15 is 0 Å². The van der Waals surface area contributed by atoms with E-state index in [0.29, 0.717) is 0 Å². The monoisotopic (exact) mass is 183 g/mol.